The van der Waals surface area contributed by atoms with Gasteiger partial charge in [0.15, 0.2) is 0 Å². The molecular formula is C12H19NS. The van der Waals surface area contributed by atoms with Crippen molar-refractivity contribution in [3.63, 3.8) is 0 Å². The van der Waals surface area contributed by atoms with Gasteiger partial charge in [-0.25, -0.2) is 0 Å². The van der Waals surface area contributed by atoms with Crippen LogP contribution in [0.4, 0.5) is 0 Å². The van der Waals surface area contributed by atoms with Gasteiger partial charge in [0.2, 0.25) is 0 Å². The molecule has 0 spiro atoms. The smallest absolute Gasteiger partial charge is 0.0305 e. The Morgan fingerprint density at radius 2 is 1.71 bits per heavy atom. The fourth-order valence-electron chi connectivity index (χ4n) is 1.68. The van der Waals surface area contributed by atoms with E-state index in [1.807, 2.05) is 0 Å². The summed E-state index contributed by atoms with van der Waals surface area (Å²) in [5.41, 5.74) is 11.3. The number of hydrogen-bond donors (Lipinski definition) is 2. The SMILES string of the molecule is Cc1cc(C)c(C(N)CCS)cc1C. The van der Waals surface area contributed by atoms with Crippen LogP contribution in [0.1, 0.15) is 34.7 Å². The van der Waals surface area contributed by atoms with E-state index in [4.69, 9.17) is 5.73 Å². The summed E-state index contributed by atoms with van der Waals surface area (Å²) >= 11 is 4.21. The van der Waals surface area contributed by atoms with Gasteiger partial charge in [0.05, 0.1) is 0 Å². The monoisotopic (exact) mass is 209 g/mol. The lowest BCUT2D eigenvalue weighted by Gasteiger charge is -2.15. The van der Waals surface area contributed by atoms with Gasteiger partial charge in [0.25, 0.3) is 0 Å². The van der Waals surface area contributed by atoms with E-state index in [2.05, 4.69) is 45.5 Å². The van der Waals surface area contributed by atoms with Gasteiger partial charge in [0.1, 0.15) is 0 Å². The first-order valence-corrected chi connectivity index (χ1v) is 5.63. The first-order valence-electron chi connectivity index (χ1n) is 5.00. The van der Waals surface area contributed by atoms with Crippen molar-refractivity contribution in [2.75, 3.05) is 5.75 Å². The van der Waals surface area contributed by atoms with Gasteiger partial charge in [-0.15, -0.1) is 0 Å². The quantitative estimate of drug-likeness (QED) is 0.736. The number of hydrogen-bond acceptors (Lipinski definition) is 2. The molecule has 1 aromatic rings. The summed E-state index contributed by atoms with van der Waals surface area (Å²) in [4.78, 5) is 0. The van der Waals surface area contributed by atoms with Crippen molar-refractivity contribution in [3.05, 3.63) is 34.4 Å². The summed E-state index contributed by atoms with van der Waals surface area (Å²) in [7, 11) is 0. The molecule has 0 aliphatic carbocycles. The predicted octanol–water partition coefficient (Wildman–Crippen LogP) is 2.93. The van der Waals surface area contributed by atoms with Gasteiger partial charge in [-0.1, -0.05) is 12.1 Å². The normalized spacial score (nSPS) is 12.9. The molecule has 0 heterocycles. The molecule has 0 amide bonds. The lowest BCUT2D eigenvalue weighted by Crippen LogP contribution is -2.12. The van der Waals surface area contributed by atoms with Crippen LogP contribution in [0, 0.1) is 20.8 Å². The summed E-state index contributed by atoms with van der Waals surface area (Å²) in [6.45, 7) is 6.39. The third kappa shape index (κ3) is 2.52. The number of benzene rings is 1. The second kappa shape index (κ2) is 4.85. The van der Waals surface area contributed by atoms with E-state index in [1.54, 1.807) is 0 Å². The molecule has 1 rings (SSSR count). The Morgan fingerprint density at radius 1 is 1.14 bits per heavy atom. The zero-order chi connectivity index (χ0) is 10.7. The molecule has 0 bridgehead atoms. The van der Waals surface area contributed by atoms with Crippen molar-refractivity contribution >= 4 is 12.6 Å². The first kappa shape index (κ1) is 11.6. The van der Waals surface area contributed by atoms with Crippen LogP contribution in [0.25, 0.3) is 0 Å². The van der Waals surface area contributed by atoms with Crippen LogP contribution in [-0.4, -0.2) is 5.75 Å². The van der Waals surface area contributed by atoms with E-state index in [9.17, 15) is 0 Å². The van der Waals surface area contributed by atoms with Crippen molar-refractivity contribution in [2.45, 2.75) is 33.2 Å². The predicted molar refractivity (Wildman–Crippen MR) is 66.1 cm³/mol. The van der Waals surface area contributed by atoms with Gasteiger partial charge < -0.3 is 5.73 Å². The minimum absolute atomic E-state index is 0.131. The molecule has 1 atom stereocenters. The Morgan fingerprint density at radius 3 is 2.29 bits per heavy atom. The highest BCUT2D eigenvalue weighted by Gasteiger charge is 2.09. The highest BCUT2D eigenvalue weighted by Crippen LogP contribution is 2.22. The topological polar surface area (TPSA) is 26.0 Å². The van der Waals surface area contributed by atoms with Gasteiger partial charge in [-0.3, -0.25) is 0 Å². The average molecular weight is 209 g/mol. The van der Waals surface area contributed by atoms with Gasteiger partial charge in [-0.05, 0) is 55.2 Å². The molecular weight excluding hydrogens is 190 g/mol. The lowest BCUT2D eigenvalue weighted by atomic mass is 9.95. The van der Waals surface area contributed by atoms with Crippen LogP contribution in [0.5, 0.6) is 0 Å². The third-order valence-electron chi connectivity index (χ3n) is 2.72. The van der Waals surface area contributed by atoms with E-state index in [1.165, 1.54) is 22.3 Å². The molecule has 2 heteroatoms. The third-order valence-corrected chi connectivity index (χ3v) is 2.98. The van der Waals surface area contributed by atoms with Crippen LogP contribution >= 0.6 is 12.6 Å². The molecule has 14 heavy (non-hydrogen) atoms. The maximum Gasteiger partial charge on any atom is 0.0305 e. The molecule has 0 fully saturated rings. The molecule has 1 nitrogen and oxygen atoms in total. The zero-order valence-corrected chi connectivity index (χ0v) is 10.1. The van der Waals surface area contributed by atoms with Crippen molar-refractivity contribution < 1.29 is 0 Å². The maximum atomic E-state index is 6.08. The van der Waals surface area contributed by atoms with Crippen LogP contribution in [0.15, 0.2) is 12.1 Å². The van der Waals surface area contributed by atoms with Crippen molar-refractivity contribution in [3.8, 4) is 0 Å². The van der Waals surface area contributed by atoms with Crippen LogP contribution < -0.4 is 5.73 Å². The molecule has 1 unspecified atom stereocenters. The molecule has 0 radical (unpaired) electrons. The van der Waals surface area contributed by atoms with Crippen molar-refractivity contribution in [2.24, 2.45) is 5.73 Å². The lowest BCUT2D eigenvalue weighted by molar-refractivity contribution is 0.700. The molecule has 1 aromatic carbocycles. The van der Waals surface area contributed by atoms with Gasteiger partial charge >= 0.3 is 0 Å². The summed E-state index contributed by atoms with van der Waals surface area (Å²) in [6, 6.07) is 4.55. The molecule has 0 saturated carbocycles. The molecule has 2 N–H and O–H groups in total. The summed E-state index contributed by atoms with van der Waals surface area (Å²) in [5.74, 6) is 0.841. The Hall–Kier alpha value is -0.470. The second-order valence-electron chi connectivity index (χ2n) is 3.91. The van der Waals surface area contributed by atoms with Crippen molar-refractivity contribution in [1.29, 1.82) is 0 Å². The molecule has 0 saturated heterocycles. The van der Waals surface area contributed by atoms with E-state index >= 15 is 0 Å². The van der Waals surface area contributed by atoms with Crippen LogP contribution in [-0.2, 0) is 0 Å². The van der Waals surface area contributed by atoms with Crippen LogP contribution in [0.2, 0.25) is 0 Å². The van der Waals surface area contributed by atoms with Gasteiger partial charge in [0, 0.05) is 6.04 Å². The Kier molecular flexibility index (Phi) is 4.02. The number of aryl methyl sites for hydroxylation is 3. The zero-order valence-electron chi connectivity index (χ0n) is 9.17. The summed E-state index contributed by atoms with van der Waals surface area (Å²) in [6.07, 6.45) is 0.937. The van der Waals surface area contributed by atoms with Gasteiger partial charge in [-0.2, -0.15) is 12.6 Å². The Labute approximate surface area is 92.1 Å². The fraction of sp³-hybridized carbons (Fsp3) is 0.500. The number of thiol groups is 1. The van der Waals surface area contributed by atoms with E-state index in [-0.39, 0.29) is 6.04 Å². The maximum absolute atomic E-state index is 6.08. The first-order chi connectivity index (χ1) is 6.56. The Balaban J connectivity index is 3.02. The molecule has 78 valence electrons. The van der Waals surface area contributed by atoms with Crippen LogP contribution in [0.3, 0.4) is 0 Å². The van der Waals surface area contributed by atoms with E-state index in [0.717, 1.165) is 12.2 Å². The molecule has 0 aliphatic heterocycles. The fourth-order valence-corrected chi connectivity index (χ4v) is 1.96. The molecule has 0 aromatic heterocycles. The minimum atomic E-state index is 0.131. The summed E-state index contributed by atoms with van der Waals surface area (Å²) < 4.78 is 0. The number of rotatable bonds is 3. The standard InChI is InChI=1S/C12H19NS/c1-8-6-10(3)11(7-9(8)2)12(13)4-5-14/h6-7,12,14H,4-5,13H2,1-3H3. The largest absolute Gasteiger partial charge is 0.324 e. The highest BCUT2D eigenvalue weighted by molar-refractivity contribution is 7.80. The van der Waals surface area contributed by atoms with Crippen molar-refractivity contribution in [1.82, 2.24) is 0 Å². The second-order valence-corrected chi connectivity index (χ2v) is 4.36. The van der Waals surface area contributed by atoms with E-state index in [0.29, 0.717) is 0 Å². The highest BCUT2D eigenvalue weighted by atomic mass is 32.1. The average Bonchev–Trinajstić information content (AvgIpc) is 2.11. The molecule has 0 aliphatic rings. The van der Waals surface area contributed by atoms with E-state index < -0.39 is 0 Å². The number of nitrogens with two attached hydrogens (primary N) is 1. The Bertz CT molecular complexity index is 320. The minimum Gasteiger partial charge on any atom is -0.324 e. The summed E-state index contributed by atoms with van der Waals surface area (Å²) in [5, 5.41) is 0.